The van der Waals surface area contributed by atoms with Crippen LogP contribution in [0.2, 0.25) is 0 Å². The predicted molar refractivity (Wildman–Crippen MR) is 69.3 cm³/mol. The summed E-state index contributed by atoms with van der Waals surface area (Å²) < 4.78 is 5.17. The normalized spacial score (nSPS) is 9.80. The molecule has 1 aromatic rings. The summed E-state index contributed by atoms with van der Waals surface area (Å²) >= 11 is 4.19. The highest BCUT2D eigenvalue weighted by molar-refractivity contribution is 7.80. The van der Waals surface area contributed by atoms with Crippen molar-refractivity contribution in [3.63, 3.8) is 0 Å². The standard InChI is InChI=1S/C12H17NOS/c1-10(9-15)8-13(2)11-5-4-6-12(7-11)14-3/h4-7,15H,1,8-9H2,2-3H3. The number of methoxy groups -OCH3 is 1. The molecule has 0 aromatic heterocycles. The largest absolute Gasteiger partial charge is 0.497 e. The second-order valence-electron chi connectivity index (χ2n) is 3.47. The lowest BCUT2D eigenvalue weighted by atomic mass is 10.2. The van der Waals surface area contributed by atoms with Crippen LogP contribution in [-0.2, 0) is 0 Å². The number of hydrogen-bond donors (Lipinski definition) is 1. The molecular weight excluding hydrogens is 206 g/mol. The maximum atomic E-state index is 5.17. The Morgan fingerprint density at radius 3 is 2.87 bits per heavy atom. The van der Waals surface area contributed by atoms with E-state index in [1.165, 1.54) is 0 Å². The summed E-state index contributed by atoms with van der Waals surface area (Å²) in [5.41, 5.74) is 2.22. The van der Waals surface area contributed by atoms with Crippen LogP contribution < -0.4 is 9.64 Å². The Morgan fingerprint density at radius 1 is 1.53 bits per heavy atom. The van der Waals surface area contributed by atoms with Crippen LogP contribution in [0.25, 0.3) is 0 Å². The van der Waals surface area contributed by atoms with Crippen molar-refractivity contribution in [2.75, 3.05) is 31.4 Å². The van der Waals surface area contributed by atoms with Crippen molar-refractivity contribution in [2.45, 2.75) is 0 Å². The van der Waals surface area contributed by atoms with Crippen molar-refractivity contribution < 1.29 is 4.74 Å². The summed E-state index contributed by atoms with van der Waals surface area (Å²) in [6, 6.07) is 7.97. The van der Waals surface area contributed by atoms with Gasteiger partial charge in [-0.3, -0.25) is 0 Å². The summed E-state index contributed by atoms with van der Waals surface area (Å²) in [5.74, 6) is 1.59. The minimum atomic E-state index is 0.717. The monoisotopic (exact) mass is 223 g/mol. The molecule has 0 fully saturated rings. The SMILES string of the molecule is C=C(CS)CN(C)c1cccc(OC)c1. The molecule has 0 spiro atoms. The Labute approximate surface area is 97.0 Å². The van der Waals surface area contributed by atoms with E-state index in [1.807, 2.05) is 31.3 Å². The van der Waals surface area contributed by atoms with E-state index in [0.717, 1.165) is 23.6 Å². The van der Waals surface area contributed by atoms with Gasteiger partial charge in [-0.25, -0.2) is 0 Å². The van der Waals surface area contributed by atoms with Gasteiger partial charge in [-0.15, -0.1) is 0 Å². The van der Waals surface area contributed by atoms with Gasteiger partial charge in [0.2, 0.25) is 0 Å². The van der Waals surface area contributed by atoms with E-state index in [-0.39, 0.29) is 0 Å². The van der Waals surface area contributed by atoms with E-state index < -0.39 is 0 Å². The molecule has 0 unspecified atom stereocenters. The van der Waals surface area contributed by atoms with Crippen LogP contribution in [0, 0.1) is 0 Å². The molecule has 82 valence electrons. The first-order chi connectivity index (χ1) is 7.17. The van der Waals surface area contributed by atoms with Gasteiger partial charge in [-0.05, 0) is 17.7 Å². The number of benzene rings is 1. The number of ether oxygens (including phenoxy) is 1. The van der Waals surface area contributed by atoms with Crippen molar-refractivity contribution in [2.24, 2.45) is 0 Å². The number of anilines is 1. The lowest BCUT2D eigenvalue weighted by Crippen LogP contribution is -2.20. The first-order valence-electron chi connectivity index (χ1n) is 4.80. The van der Waals surface area contributed by atoms with Gasteiger partial charge >= 0.3 is 0 Å². The van der Waals surface area contributed by atoms with Gasteiger partial charge in [-0.2, -0.15) is 12.6 Å². The van der Waals surface area contributed by atoms with Gasteiger partial charge < -0.3 is 9.64 Å². The molecule has 1 aromatic carbocycles. The molecule has 0 N–H and O–H groups in total. The zero-order valence-corrected chi connectivity index (χ0v) is 10.1. The summed E-state index contributed by atoms with van der Waals surface area (Å²) in [4.78, 5) is 2.13. The van der Waals surface area contributed by atoms with Gasteiger partial charge in [0.1, 0.15) is 5.75 Å². The molecular formula is C12H17NOS. The zero-order valence-electron chi connectivity index (χ0n) is 9.23. The maximum Gasteiger partial charge on any atom is 0.120 e. The van der Waals surface area contributed by atoms with Crippen LogP contribution in [0.5, 0.6) is 5.75 Å². The first-order valence-corrected chi connectivity index (χ1v) is 5.43. The third-order valence-corrected chi connectivity index (χ3v) is 2.63. The van der Waals surface area contributed by atoms with Crippen LogP contribution in [0.3, 0.4) is 0 Å². The molecule has 0 aliphatic carbocycles. The molecule has 0 aliphatic heterocycles. The van der Waals surface area contributed by atoms with E-state index in [0.29, 0.717) is 5.75 Å². The van der Waals surface area contributed by atoms with Gasteiger partial charge in [0.05, 0.1) is 7.11 Å². The highest BCUT2D eigenvalue weighted by atomic mass is 32.1. The van der Waals surface area contributed by atoms with Gasteiger partial charge in [0.25, 0.3) is 0 Å². The lowest BCUT2D eigenvalue weighted by Gasteiger charge is -2.20. The molecule has 3 heteroatoms. The summed E-state index contributed by atoms with van der Waals surface area (Å²) in [6.07, 6.45) is 0. The first kappa shape index (κ1) is 12.0. The lowest BCUT2D eigenvalue weighted by molar-refractivity contribution is 0.415. The van der Waals surface area contributed by atoms with Gasteiger partial charge in [0, 0.05) is 31.1 Å². The fourth-order valence-corrected chi connectivity index (χ4v) is 1.42. The van der Waals surface area contributed by atoms with Crippen LogP contribution in [0.15, 0.2) is 36.4 Å². The molecule has 0 radical (unpaired) electrons. The molecule has 0 saturated carbocycles. The van der Waals surface area contributed by atoms with E-state index >= 15 is 0 Å². The Morgan fingerprint density at radius 2 is 2.27 bits per heavy atom. The topological polar surface area (TPSA) is 12.5 Å². The maximum absolute atomic E-state index is 5.17. The molecule has 0 bridgehead atoms. The zero-order chi connectivity index (χ0) is 11.3. The molecule has 0 amide bonds. The second kappa shape index (κ2) is 5.71. The summed E-state index contributed by atoms with van der Waals surface area (Å²) in [7, 11) is 3.70. The fourth-order valence-electron chi connectivity index (χ4n) is 1.32. The van der Waals surface area contributed by atoms with Crippen molar-refractivity contribution in [1.29, 1.82) is 0 Å². The Kier molecular flexibility index (Phi) is 4.56. The van der Waals surface area contributed by atoms with Crippen molar-refractivity contribution in [1.82, 2.24) is 0 Å². The van der Waals surface area contributed by atoms with Crippen LogP contribution in [0.4, 0.5) is 5.69 Å². The molecule has 0 saturated heterocycles. The van der Waals surface area contributed by atoms with Crippen molar-refractivity contribution in [3.05, 3.63) is 36.4 Å². The van der Waals surface area contributed by atoms with Gasteiger partial charge in [0.15, 0.2) is 0 Å². The van der Waals surface area contributed by atoms with E-state index in [4.69, 9.17) is 4.74 Å². The number of nitrogens with zero attached hydrogens (tertiary/aromatic N) is 1. The number of likely N-dealkylation sites (N-methyl/N-ethyl adjacent to an activating group) is 1. The summed E-state index contributed by atoms with van der Waals surface area (Å²) in [5, 5.41) is 0. The molecule has 2 nitrogen and oxygen atoms in total. The van der Waals surface area contributed by atoms with Crippen molar-refractivity contribution >= 4 is 18.3 Å². The van der Waals surface area contributed by atoms with Gasteiger partial charge in [-0.1, -0.05) is 12.6 Å². The third-order valence-electron chi connectivity index (χ3n) is 2.18. The molecule has 0 aliphatic rings. The second-order valence-corrected chi connectivity index (χ2v) is 3.78. The van der Waals surface area contributed by atoms with Crippen LogP contribution in [-0.4, -0.2) is 26.5 Å². The fraction of sp³-hybridized carbons (Fsp3) is 0.333. The Hall–Kier alpha value is -1.09. The highest BCUT2D eigenvalue weighted by Crippen LogP contribution is 2.20. The smallest absolute Gasteiger partial charge is 0.120 e. The molecule has 0 heterocycles. The minimum absolute atomic E-state index is 0.717. The predicted octanol–water partition coefficient (Wildman–Crippen LogP) is 2.62. The van der Waals surface area contributed by atoms with E-state index in [1.54, 1.807) is 7.11 Å². The quantitative estimate of drug-likeness (QED) is 0.608. The van der Waals surface area contributed by atoms with Crippen LogP contribution in [0.1, 0.15) is 0 Å². The molecule has 0 atom stereocenters. The average Bonchev–Trinajstić information content (AvgIpc) is 2.28. The number of thiol groups is 1. The minimum Gasteiger partial charge on any atom is -0.497 e. The number of rotatable bonds is 5. The highest BCUT2D eigenvalue weighted by Gasteiger charge is 2.02. The Bertz CT molecular complexity index is 338. The molecule has 1 rings (SSSR count). The summed E-state index contributed by atoms with van der Waals surface area (Å²) in [6.45, 7) is 4.75. The third kappa shape index (κ3) is 3.51. The van der Waals surface area contributed by atoms with E-state index in [2.05, 4.69) is 24.1 Å². The Balaban J connectivity index is 2.72. The van der Waals surface area contributed by atoms with Crippen molar-refractivity contribution in [3.8, 4) is 5.75 Å². The number of hydrogen-bond acceptors (Lipinski definition) is 3. The average molecular weight is 223 g/mol. The van der Waals surface area contributed by atoms with Crippen LogP contribution >= 0.6 is 12.6 Å². The van der Waals surface area contributed by atoms with E-state index in [9.17, 15) is 0 Å². The molecule has 15 heavy (non-hydrogen) atoms.